The van der Waals surface area contributed by atoms with Crippen molar-refractivity contribution in [1.82, 2.24) is 5.32 Å². The number of amides is 1. The van der Waals surface area contributed by atoms with Crippen molar-refractivity contribution in [2.24, 2.45) is 5.92 Å². The molecule has 1 aliphatic rings. The van der Waals surface area contributed by atoms with Crippen molar-refractivity contribution in [3.63, 3.8) is 0 Å². The van der Waals surface area contributed by atoms with E-state index in [1.165, 1.54) is 11.3 Å². The standard InChI is InChI=1S/C11H12N2O2S/c1-15-8-4-10(16-6-8)11(14)13-9(5-12)7-2-3-7/h4,6-7,9H,2-3H2,1H3,(H,13,14). The molecule has 0 bridgehead atoms. The molecular weight excluding hydrogens is 224 g/mol. The Balaban J connectivity index is 1.99. The molecule has 0 radical (unpaired) electrons. The SMILES string of the molecule is COc1csc(C(=O)NC(C#N)C2CC2)c1. The van der Waals surface area contributed by atoms with E-state index in [0.717, 1.165) is 12.8 Å². The molecule has 1 fully saturated rings. The number of nitrogens with zero attached hydrogens (tertiary/aromatic N) is 1. The van der Waals surface area contributed by atoms with Gasteiger partial charge in [-0.1, -0.05) is 0 Å². The molecule has 4 nitrogen and oxygen atoms in total. The molecule has 1 aromatic rings. The molecule has 1 amide bonds. The number of nitrogens with one attached hydrogen (secondary N) is 1. The molecule has 84 valence electrons. The lowest BCUT2D eigenvalue weighted by atomic mass is 10.2. The van der Waals surface area contributed by atoms with Crippen LogP contribution in [0.3, 0.4) is 0 Å². The Labute approximate surface area is 97.8 Å². The highest BCUT2D eigenvalue weighted by molar-refractivity contribution is 7.12. The highest BCUT2D eigenvalue weighted by Crippen LogP contribution is 2.32. The van der Waals surface area contributed by atoms with Gasteiger partial charge in [0.2, 0.25) is 0 Å². The van der Waals surface area contributed by atoms with Gasteiger partial charge in [0.1, 0.15) is 11.8 Å². The predicted octanol–water partition coefficient (Wildman–Crippen LogP) is 1.79. The minimum absolute atomic E-state index is 0.188. The fourth-order valence-corrected chi connectivity index (χ4v) is 2.20. The third-order valence-electron chi connectivity index (χ3n) is 2.55. The lowest BCUT2D eigenvalue weighted by Crippen LogP contribution is -2.34. The van der Waals surface area contributed by atoms with Crippen molar-refractivity contribution in [3.8, 4) is 11.8 Å². The van der Waals surface area contributed by atoms with Crippen molar-refractivity contribution in [2.45, 2.75) is 18.9 Å². The summed E-state index contributed by atoms with van der Waals surface area (Å²) in [6, 6.07) is 3.46. The van der Waals surface area contributed by atoms with E-state index in [1.54, 1.807) is 18.6 Å². The van der Waals surface area contributed by atoms with Crippen LogP contribution in [0.2, 0.25) is 0 Å². The van der Waals surface area contributed by atoms with Gasteiger partial charge in [-0.3, -0.25) is 4.79 Å². The summed E-state index contributed by atoms with van der Waals surface area (Å²) in [5.41, 5.74) is 0. The van der Waals surface area contributed by atoms with Crippen LogP contribution in [0.4, 0.5) is 0 Å². The first-order chi connectivity index (χ1) is 7.74. The Kier molecular flexibility index (Phi) is 3.11. The number of rotatable bonds is 4. The lowest BCUT2D eigenvalue weighted by Gasteiger charge is -2.08. The van der Waals surface area contributed by atoms with Gasteiger partial charge in [0.15, 0.2) is 0 Å². The number of thiophene rings is 1. The molecule has 2 rings (SSSR count). The lowest BCUT2D eigenvalue weighted by molar-refractivity contribution is 0.0946. The van der Waals surface area contributed by atoms with E-state index in [9.17, 15) is 4.79 Å². The predicted molar refractivity (Wildman–Crippen MR) is 60.5 cm³/mol. The van der Waals surface area contributed by atoms with E-state index in [2.05, 4.69) is 11.4 Å². The molecule has 0 spiro atoms. The zero-order chi connectivity index (χ0) is 11.5. The van der Waals surface area contributed by atoms with Crippen LogP contribution in [0.15, 0.2) is 11.4 Å². The van der Waals surface area contributed by atoms with Gasteiger partial charge in [0.25, 0.3) is 5.91 Å². The third kappa shape index (κ3) is 2.34. The van der Waals surface area contributed by atoms with Gasteiger partial charge in [-0.2, -0.15) is 5.26 Å². The molecule has 0 saturated heterocycles. The molecule has 16 heavy (non-hydrogen) atoms. The second-order valence-corrected chi connectivity index (χ2v) is 4.68. The molecule has 0 aliphatic heterocycles. The fraction of sp³-hybridized carbons (Fsp3) is 0.455. The van der Waals surface area contributed by atoms with Crippen LogP contribution < -0.4 is 10.1 Å². The number of carbonyl (C=O) groups excluding carboxylic acids is 1. The smallest absolute Gasteiger partial charge is 0.262 e. The van der Waals surface area contributed by atoms with Crippen LogP contribution >= 0.6 is 11.3 Å². The Morgan fingerprint density at radius 3 is 3.00 bits per heavy atom. The highest BCUT2D eigenvalue weighted by atomic mass is 32.1. The third-order valence-corrected chi connectivity index (χ3v) is 3.46. The van der Waals surface area contributed by atoms with Crippen LogP contribution in [0, 0.1) is 17.2 Å². The highest BCUT2D eigenvalue weighted by Gasteiger charge is 2.32. The summed E-state index contributed by atoms with van der Waals surface area (Å²) in [5, 5.41) is 13.4. The molecule has 0 aromatic carbocycles. The van der Waals surface area contributed by atoms with Gasteiger partial charge in [-0.15, -0.1) is 11.3 Å². The summed E-state index contributed by atoms with van der Waals surface area (Å²) < 4.78 is 5.00. The maximum Gasteiger partial charge on any atom is 0.262 e. The number of carbonyl (C=O) groups is 1. The minimum atomic E-state index is -0.347. The summed E-state index contributed by atoms with van der Waals surface area (Å²) in [5.74, 6) is 0.831. The van der Waals surface area contributed by atoms with Crippen LogP contribution in [-0.4, -0.2) is 19.1 Å². The van der Waals surface area contributed by atoms with Gasteiger partial charge in [0.05, 0.1) is 18.1 Å². The van der Waals surface area contributed by atoms with E-state index in [0.29, 0.717) is 16.5 Å². The minimum Gasteiger partial charge on any atom is -0.496 e. The first-order valence-electron chi connectivity index (χ1n) is 5.07. The van der Waals surface area contributed by atoms with Crippen molar-refractivity contribution < 1.29 is 9.53 Å². The normalized spacial score (nSPS) is 16.2. The first-order valence-corrected chi connectivity index (χ1v) is 5.95. The Bertz CT molecular complexity index is 431. The number of methoxy groups -OCH3 is 1. The van der Waals surface area contributed by atoms with E-state index in [1.807, 2.05) is 0 Å². The quantitative estimate of drug-likeness (QED) is 0.866. The zero-order valence-corrected chi connectivity index (χ0v) is 9.71. The van der Waals surface area contributed by atoms with E-state index >= 15 is 0 Å². The van der Waals surface area contributed by atoms with Crippen LogP contribution in [0.1, 0.15) is 22.5 Å². The number of hydrogen-bond donors (Lipinski definition) is 1. The van der Waals surface area contributed by atoms with Gasteiger partial charge in [-0.05, 0) is 18.8 Å². The van der Waals surface area contributed by atoms with E-state index < -0.39 is 0 Å². The second kappa shape index (κ2) is 4.54. The molecule has 1 saturated carbocycles. The van der Waals surface area contributed by atoms with E-state index in [4.69, 9.17) is 10.00 Å². The van der Waals surface area contributed by atoms with Gasteiger partial charge < -0.3 is 10.1 Å². The Morgan fingerprint density at radius 1 is 1.75 bits per heavy atom. The van der Waals surface area contributed by atoms with Crippen LogP contribution in [0.25, 0.3) is 0 Å². The van der Waals surface area contributed by atoms with Crippen molar-refractivity contribution in [3.05, 3.63) is 16.3 Å². The first kappa shape index (κ1) is 11.0. The molecule has 5 heteroatoms. The average molecular weight is 236 g/mol. The van der Waals surface area contributed by atoms with Crippen LogP contribution in [-0.2, 0) is 0 Å². The fourth-order valence-electron chi connectivity index (χ4n) is 1.44. The zero-order valence-electron chi connectivity index (χ0n) is 8.90. The molecule has 1 aromatic heterocycles. The second-order valence-electron chi connectivity index (χ2n) is 3.77. The summed E-state index contributed by atoms with van der Waals surface area (Å²) in [6.45, 7) is 0. The number of nitriles is 1. The average Bonchev–Trinajstić information content (AvgIpc) is 3.02. The molecule has 1 aliphatic carbocycles. The van der Waals surface area contributed by atoms with Crippen molar-refractivity contribution >= 4 is 17.2 Å². The molecule has 1 N–H and O–H groups in total. The molecule has 1 heterocycles. The molecule has 1 atom stereocenters. The topological polar surface area (TPSA) is 62.1 Å². The number of hydrogen-bond acceptors (Lipinski definition) is 4. The summed E-state index contributed by atoms with van der Waals surface area (Å²) in [6.07, 6.45) is 2.07. The van der Waals surface area contributed by atoms with Gasteiger partial charge in [0, 0.05) is 11.4 Å². The van der Waals surface area contributed by atoms with Crippen molar-refractivity contribution in [2.75, 3.05) is 7.11 Å². The van der Waals surface area contributed by atoms with Crippen LogP contribution in [0.5, 0.6) is 5.75 Å². The molecule has 1 unspecified atom stereocenters. The van der Waals surface area contributed by atoms with Gasteiger partial charge in [-0.25, -0.2) is 0 Å². The van der Waals surface area contributed by atoms with Crippen molar-refractivity contribution in [1.29, 1.82) is 5.26 Å². The maximum absolute atomic E-state index is 11.8. The maximum atomic E-state index is 11.8. The monoisotopic (exact) mass is 236 g/mol. The van der Waals surface area contributed by atoms with Gasteiger partial charge >= 0.3 is 0 Å². The largest absolute Gasteiger partial charge is 0.496 e. The Morgan fingerprint density at radius 2 is 2.50 bits per heavy atom. The molecular formula is C11H12N2O2S. The summed E-state index contributed by atoms with van der Waals surface area (Å²) in [7, 11) is 1.56. The summed E-state index contributed by atoms with van der Waals surface area (Å²) in [4.78, 5) is 12.3. The Hall–Kier alpha value is -1.54. The summed E-state index contributed by atoms with van der Waals surface area (Å²) >= 11 is 1.32. The van der Waals surface area contributed by atoms with E-state index in [-0.39, 0.29) is 11.9 Å². The number of ether oxygens (including phenoxy) is 1.